The molecular formula is C31H30F6N2O2. The molecular weight excluding hydrogens is 546 g/mol. The van der Waals surface area contributed by atoms with Crippen LogP contribution in [0.25, 0.3) is 10.8 Å². The van der Waals surface area contributed by atoms with Crippen LogP contribution in [-0.2, 0) is 23.6 Å². The third-order valence-electron chi connectivity index (χ3n) is 7.33. The number of carbonyl (C=O) groups is 2. The number of nitrogens with one attached hydrogen (secondary N) is 1. The maximum atomic E-state index is 13.4. The average molecular weight is 577 g/mol. The molecule has 41 heavy (non-hydrogen) atoms. The molecule has 218 valence electrons. The molecule has 10 heteroatoms. The minimum atomic E-state index is -5.09. The van der Waals surface area contributed by atoms with Crippen molar-refractivity contribution < 1.29 is 35.9 Å². The van der Waals surface area contributed by atoms with Crippen LogP contribution < -0.4 is 5.32 Å². The zero-order valence-electron chi connectivity index (χ0n) is 22.4. The summed E-state index contributed by atoms with van der Waals surface area (Å²) in [5, 5.41) is 4.83. The van der Waals surface area contributed by atoms with E-state index in [9.17, 15) is 35.9 Å². The van der Waals surface area contributed by atoms with Gasteiger partial charge in [0.1, 0.15) is 0 Å². The summed E-state index contributed by atoms with van der Waals surface area (Å²) >= 11 is 0. The number of fused-ring (bicyclic) bond motifs is 1. The molecule has 3 aromatic rings. The quantitative estimate of drug-likeness (QED) is 0.233. The summed E-state index contributed by atoms with van der Waals surface area (Å²) in [5.41, 5.74) is -3.13. The number of carbonyl (C=O) groups excluding carboxylic acids is 2. The molecule has 0 aromatic heterocycles. The van der Waals surface area contributed by atoms with Crippen LogP contribution in [0.4, 0.5) is 26.3 Å². The SMILES string of the molecule is CN(C(=O)c1cc(C(F)(F)F)cc(C(F)(F)F)c1)C(C=CC(=O)NC1CCCCC1)Cc1ccc2ccccc2c1. The maximum absolute atomic E-state index is 13.4. The van der Waals surface area contributed by atoms with Crippen molar-refractivity contribution in [2.45, 2.75) is 63.0 Å². The lowest BCUT2D eigenvalue weighted by atomic mass is 9.95. The van der Waals surface area contributed by atoms with Gasteiger partial charge in [-0.05, 0) is 53.8 Å². The Hall–Kier alpha value is -3.82. The fraction of sp³-hybridized carbons (Fsp3) is 0.355. The van der Waals surface area contributed by atoms with E-state index in [2.05, 4.69) is 5.32 Å². The first-order chi connectivity index (χ1) is 19.3. The van der Waals surface area contributed by atoms with Gasteiger partial charge in [0.25, 0.3) is 5.91 Å². The summed E-state index contributed by atoms with van der Waals surface area (Å²) in [4.78, 5) is 27.1. The van der Waals surface area contributed by atoms with Crippen molar-refractivity contribution in [3.05, 3.63) is 95.1 Å². The lowest BCUT2D eigenvalue weighted by Gasteiger charge is -2.27. The Morgan fingerprint density at radius 1 is 0.878 bits per heavy atom. The Labute approximate surface area is 234 Å². The highest BCUT2D eigenvalue weighted by molar-refractivity contribution is 5.95. The van der Waals surface area contributed by atoms with Gasteiger partial charge in [-0.2, -0.15) is 26.3 Å². The normalized spacial score (nSPS) is 15.7. The molecule has 1 saturated carbocycles. The highest BCUT2D eigenvalue weighted by atomic mass is 19.4. The molecule has 1 unspecified atom stereocenters. The molecule has 1 atom stereocenters. The van der Waals surface area contributed by atoms with Gasteiger partial charge in [-0.15, -0.1) is 0 Å². The van der Waals surface area contributed by atoms with Gasteiger partial charge in [0.15, 0.2) is 0 Å². The van der Waals surface area contributed by atoms with E-state index in [0.717, 1.165) is 53.3 Å². The van der Waals surface area contributed by atoms with Gasteiger partial charge in [-0.3, -0.25) is 9.59 Å². The molecule has 3 aromatic carbocycles. The molecule has 0 bridgehead atoms. The lowest BCUT2D eigenvalue weighted by Crippen LogP contribution is -2.38. The molecule has 2 amide bonds. The molecule has 1 fully saturated rings. The Balaban J connectivity index is 1.65. The molecule has 0 saturated heterocycles. The van der Waals surface area contributed by atoms with Crippen LogP contribution in [0.5, 0.6) is 0 Å². The molecule has 4 rings (SSSR count). The first-order valence-electron chi connectivity index (χ1n) is 13.3. The topological polar surface area (TPSA) is 49.4 Å². The minimum Gasteiger partial charge on any atom is -0.350 e. The predicted molar refractivity (Wildman–Crippen MR) is 144 cm³/mol. The number of likely N-dealkylation sites (N-methyl/N-ethyl adjacent to an activating group) is 1. The van der Waals surface area contributed by atoms with Crippen molar-refractivity contribution in [3.63, 3.8) is 0 Å². The van der Waals surface area contributed by atoms with Gasteiger partial charge in [0, 0.05) is 24.7 Å². The second kappa shape index (κ2) is 12.4. The summed E-state index contributed by atoms with van der Waals surface area (Å²) < 4.78 is 80.6. The highest BCUT2D eigenvalue weighted by Crippen LogP contribution is 2.36. The molecule has 1 aliphatic rings. The Morgan fingerprint density at radius 3 is 2.10 bits per heavy atom. The van der Waals surface area contributed by atoms with Crippen molar-refractivity contribution in [1.29, 1.82) is 0 Å². The van der Waals surface area contributed by atoms with E-state index in [1.54, 1.807) is 0 Å². The minimum absolute atomic E-state index is 0.0150. The highest BCUT2D eigenvalue weighted by Gasteiger charge is 2.38. The third kappa shape index (κ3) is 7.89. The number of halogens is 6. The van der Waals surface area contributed by atoms with Gasteiger partial charge in [0.2, 0.25) is 5.91 Å². The Kier molecular flexibility index (Phi) is 9.09. The summed E-state index contributed by atoms with van der Waals surface area (Å²) in [7, 11) is 1.30. The Morgan fingerprint density at radius 2 is 1.49 bits per heavy atom. The number of amides is 2. The summed E-state index contributed by atoms with van der Waals surface area (Å²) in [5.74, 6) is -1.41. The summed E-state index contributed by atoms with van der Waals surface area (Å²) in [6.45, 7) is 0. The maximum Gasteiger partial charge on any atom is 0.416 e. The fourth-order valence-electron chi connectivity index (χ4n) is 5.07. The third-order valence-corrected chi connectivity index (χ3v) is 7.33. The van der Waals surface area contributed by atoms with Gasteiger partial charge in [-0.1, -0.05) is 67.8 Å². The van der Waals surface area contributed by atoms with Crippen LogP contribution in [0.3, 0.4) is 0 Å². The van der Waals surface area contributed by atoms with E-state index in [0.29, 0.717) is 12.1 Å². The molecule has 0 spiro atoms. The molecule has 4 nitrogen and oxygen atoms in total. The van der Waals surface area contributed by atoms with E-state index in [-0.39, 0.29) is 24.4 Å². The van der Waals surface area contributed by atoms with E-state index in [1.807, 2.05) is 42.5 Å². The zero-order chi connectivity index (χ0) is 29.8. The van der Waals surface area contributed by atoms with Crippen molar-refractivity contribution in [1.82, 2.24) is 10.2 Å². The van der Waals surface area contributed by atoms with Crippen molar-refractivity contribution in [3.8, 4) is 0 Å². The van der Waals surface area contributed by atoms with E-state index < -0.39 is 41.0 Å². The number of hydrogen-bond donors (Lipinski definition) is 1. The molecule has 0 radical (unpaired) electrons. The van der Waals surface area contributed by atoms with Crippen molar-refractivity contribution in [2.24, 2.45) is 0 Å². The standard InChI is InChI=1S/C31H30F6N2O2/c1-39(29(41)23-17-24(30(32,33)34)19-25(18-23)31(35,36)37)27(13-14-28(40)38-26-9-3-2-4-10-26)16-20-11-12-21-7-5-6-8-22(21)15-20/h5-8,11-15,17-19,26-27H,2-4,9-10,16H2,1H3,(H,38,40). The van der Waals surface area contributed by atoms with E-state index in [4.69, 9.17) is 0 Å². The van der Waals surface area contributed by atoms with E-state index in [1.165, 1.54) is 19.2 Å². The second-order valence-corrected chi connectivity index (χ2v) is 10.4. The number of hydrogen-bond acceptors (Lipinski definition) is 2. The van der Waals surface area contributed by atoms with Crippen LogP contribution >= 0.6 is 0 Å². The lowest BCUT2D eigenvalue weighted by molar-refractivity contribution is -0.143. The van der Waals surface area contributed by atoms with Gasteiger partial charge in [0.05, 0.1) is 17.2 Å². The molecule has 0 aliphatic heterocycles. The van der Waals surface area contributed by atoms with Gasteiger partial charge >= 0.3 is 12.4 Å². The summed E-state index contributed by atoms with van der Waals surface area (Å²) in [6.07, 6.45) is -2.43. The van der Waals surface area contributed by atoms with Gasteiger partial charge in [-0.25, -0.2) is 0 Å². The monoisotopic (exact) mass is 576 g/mol. The second-order valence-electron chi connectivity index (χ2n) is 10.4. The largest absolute Gasteiger partial charge is 0.416 e. The van der Waals surface area contributed by atoms with Crippen LogP contribution in [0, 0.1) is 0 Å². The summed E-state index contributed by atoms with van der Waals surface area (Å²) in [6, 6.07) is 13.2. The fourth-order valence-corrected chi connectivity index (χ4v) is 5.07. The zero-order valence-corrected chi connectivity index (χ0v) is 22.4. The first-order valence-corrected chi connectivity index (χ1v) is 13.3. The number of rotatable bonds is 7. The van der Waals surface area contributed by atoms with Crippen LogP contribution in [-0.4, -0.2) is 35.8 Å². The van der Waals surface area contributed by atoms with Crippen LogP contribution in [0.2, 0.25) is 0 Å². The molecule has 0 heterocycles. The van der Waals surface area contributed by atoms with Crippen molar-refractivity contribution >= 4 is 22.6 Å². The van der Waals surface area contributed by atoms with Gasteiger partial charge < -0.3 is 10.2 Å². The van der Waals surface area contributed by atoms with E-state index >= 15 is 0 Å². The number of nitrogens with zero attached hydrogens (tertiary/aromatic N) is 1. The number of alkyl halides is 6. The molecule has 1 N–H and O–H groups in total. The van der Waals surface area contributed by atoms with Crippen molar-refractivity contribution in [2.75, 3.05) is 7.05 Å². The average Bonchev–Trinajstić information content (AvgIpc) is 2.93. The van der Waals surface area contributed by atoms with Crippen LogP contribution in [0.15, 0.2) is 72.8 Å². The predicted octanol–water partition coefficient (Wildman–Crippen LogP) is 7.57. The Bertz CT molecular complexity index is 1390. The van der Waals surface area contributed by atoms with Crippen LogP contribution in [0.1, 0.15) is 59.2 Å². The first kappa shape index (κ1) is 30.1. The molecule has 1 aliphatic carbocycles. The smallest absolute Gasteiger partial charge is 0.350 e. The number of benzene rings is 3.